The Morgan fingerprint density at radius 1 is 1.29 bits per heavy atom. The van der Waals surface area contributed by atoms with Crippen molar-refractivity contribution in [2.45, 2.75) is 6.92 Å². The zero-order valence-corrected chi connectivity index (χ0v) is 8.32. The first-order chi connectivity index (χ1) is 6.77. The summed E-state index contributed by atoms with van der Waals surface area (Å²) in [5.41, 5.74) is 0.993. The topological polar surface area (TPSA) is 47.9 Å². The summed E-state index contributed by atoms with van der Waals surface area (Å²) in [7, 11) is 1.56. The van der Waals surface area contributed by atoms with Crippen LogP contribution < -0.4 is 9.47 Å². The summed E-state index contributed by atoms with van der Waals surface area (Å²) in [4.78, 5) is 0. The standard InChI is InChI=1S/C10H14O4/c1-8-3-4-9(13-6-11)5-10(8)14-7-12-2/h3-5,11H,6-7H2,1-2H3. The maximum Gasteiger partial charge on any atom is 0.188 e. The van der Waals surface area contributed by atoms with Crippen LogP contribution in [0.4, 0.5) is 0 Å². The average Bonchev–Trinajstić information content (AvgIpc) is 2.19. The molecule has 0 atom stereocenters. The molecular formula is C10H14O4. The number of benzene rings is 1. The maximum absolute atomic E-state index is 8.57. The molecule has 1 rings (SSSR count). The minimum absolute atomic E-state index is 0.198. The molecule has 78 valence electrons. The van der Waals surface area contributed by atoms with Crippen LogP contribution in [0.15, 0.2) is 18.2 Å². The maximum atomic E-state index is 8.57. The highest BCUT2D eigenvalue weighted by molar-refractivity contribution is 5.39. The van der Waals surface area contributed by atoms with E-state index in [1.165, 1.54) is 0 Å². The van der Waals surface area contributed by atoms with E-state index in [0.29, 0.717) is 11.5 Å². The van der Waals surface area contributed by atoms with Crippen LogP contribution in [0.3, 0.4) is 0 Å². The van der Waals surface area contributed by atoms with Crippen LogP contribution >= 0.6 is 0 Å². The number of rotatable bonds is 5. The van der Waals surface area contributed by atoms with Crippen molar-refractivity contribution < 1.29 is 19.3 Å². The Bertz CT molecular complexity index is 285. The highest BCUT2D eigenvalue weighted by Gasteiger charge is 2.01. The van der Waals surface area contributed by atoms with E-state index in [1.807, 2.05) is 13.0 Å². The van der Waals surface area contributed by atoms with Crippen molar-refractivity contribution in [1.29, 1.82) is 0 Å². The van der Waals surface area contributed by atoms with Crippen LogP contribution in [0.25, 0.3) is 0 Å². The third-order valence-electron chi connectivity index (χ3n) is 1.72. The van der Waals surface area contributed by atoms with Gasteiger partial charge in [0, 0.05) is 13.2 Å². The van der Waals surface area contributed by atoms with E-state index in [0.717, 1.165) is 5.56 Å². The Morgan fingerprint density at radius 3 is 2.71 bits per heavy atom. The molecule has 0 heterocycles. The molecule has 0 bridgehead atoms. The average molecular weight is 198 g/mol. The summed E-state index contributed by atoms with van der Waals surface area (Å²) >= 11 is 0. The van der Waals surface area contributed by atoms with E-state index in [1.54, 1.807) is 19.2 Å². The summed E-state index contributed by atoms with van der Waals surface area (Å²) in [5.74, 6) is 1.27. The molecule has 4 nitrogen and oxygen atoms in total. The Labute approximate surface area is 83.0 Å². The Hall–Kier alpha value is -1.26. The third kappa shape index (κ3) is 2.90. The predicted molar refractivity (Wildman–Crippen MR) is 51.4 cm³/mol. The monoisotopic (exact) mass is 198 g/mol. The molecule has 0 aromatic heterocycles. The molecule has 0 spiro atoms. The Morgan fingerprint density at radius 2 is 2.07 bits per heavy atom. The quantitative estimate of drug-likeness (QED) is 0.724. The molecule has 1 aromatic carbocycles. The number of aliphatic hydroxyl groups excluding tert-OH is 1. The van der Waals surface area contributed by atoms with Crippen molar-refractivity contribution in [2.24, 2.45) is 0 Å². The summed E-state index contributed by atoms with van der Waals surface area (Å²) in [6.45, 7) is 1.78. The van der Waals surface area contributed by atoms with Gasteiger partial charge < -0.3 is 19.3 Å². The van der Waals surface area contributed by atoms with Gasteiger partial charge in [-0.2, -0.15) is 0 Å². The lowest BCUT2D eigenvalue weighted by atomic mass is 10.2. The van der Waals surface area contributed by atoms with Gasteiger partial charge >= 0.3 is 0 Å². The second-order valence-corrected chi connectivity index (χ2v) is 2.75. The van der Waals surface area contributed by atoms with Gasteiger partial charge in [-0.1, -0.05) is 6.07 Å². The first-order valence-corrected chi connectivity index (χ1v) is 4.24. The molecule has 1 N–H and O–H groups in total. The smallest absolute Gasteiger partial charge is 0.188 e. The van der Waals surface area contributed by atoms with Crippen molar-refractivity contribution in [1.82, 2.24) is 0 Å². The lowest BCUT2D eigenvalue weighted by Gasteiger charge is -2.09. The third-order valence-corrected chi connectivity index (χ3v) is 1.72. The van der Waals surface area contributed by atoms with Gasteiger partial charge in [-0.15, -0.1) is 0 Å². The number of methoxy groups -OCH3 is 1. The number of ether oxygens (including phenoxy) is 3. The first-order valence-electron chi connectivity index (χ1n) is 4.24. The summed E-state index contributed by atoms with van der Waals surface area (Å²) in [6.07, 6.45) is 0. The zero-order valence-electron chi connectivity index (χ0n) is 8.32. The fourth-order valence-corrected chi connectivity index (χ4v) is 1.02. The fourth-order valence-electron chi connectivity index (χ4n) is 1.02. The van der Waals surface area contributed by atoms with Crippen LogP contribution in [0, 0.1) is 6.92 Å². The van der Waals surface area contributed by atoms with Crippen LogP contribution in [0.1, 0.15) is 5.56 Å². The van der Waals surface area contributed by atoms with E-state index in [9.17, 15) is 0 Å². The van der Waals surface area contributed by atoms with Crippen LogP contribution in [-0.4, -0.2) is 25.8 Å². The molecule has 0 amide bonds. The Balaban J connectivity index is 2.74. The first kappa shape index (κ1) is 10.8. The second-order valence-electron chi connectivity index (χ2n) is 2.75. The lowest BCUT2D eigenvalue weighted by molar-refractivity contribution is 0.0500. The van der Waals surface area contributed by atoms with Crippen molar-refractivity contribution in [2.75, 3.05) is 20.7 Å². The fraction of sp³-hybridized carbons (Fsp3) is 0.400. The molecule has 0 aliphatic carbocycles. The number of hydrogen-bond acceptors (Lipinski definition) is 4. The van der Waals surface area contributed by atoms with Crippen molar-refractivity contribution >= 4 is 0 Å². The predicted octanol–water partition coefficient (Wildman–Crippen LogP) is 1.31. The van der Waals surface area contributed by atoms with E-state index in [2.05, 4.69) is 0 Å². The van der Waals surface area contributed by atoms with Gasteiger partial charge in [0.1, 0.15) is 11.5 Å². The van der Waals surface area contributed by atoms with Crippen LogP contribution in [-0.2, 0) is 4.74 Å². The van der Waals surface area contributed by atoms with Crippen molar-refractivity contribution in [3.8, 4) is 11.5 Å². The molecule has 0 aliphatic rings. The number of hydrogen-bond donors (Lipinski definition) is 1. The van der Waals surface area contributed by atoms with Gasteiger partial charge in [0.15, 0.2) is 13.6 Å². The van der Waals surface area contributed by atoms with Crippen molar-refractivity contribution in [3.05, 3.63) is 23.8 Å². The minimum Gasteiger partial charge on any atom is -0.468 e. The van der Waals surface area contributed by atoms with Crippen LogP contribution in [0.5, 0.6) is 11.5 Å². The molecule has 14 heavy (non-hydrogen) atoms. The van der Waals surface area contributed by atoms with Gasteiger partial charge in [-0.3, -0.25) is 0 Å². The summed E-state index contributed by atoms with van der Waals surface area (Å²) < 4.78 is 15.0. The molecular weight excluding hydrogens is 184 g/mol. The van der Waals surface area contributed by atoms with E-state index in [-0.39, 0.29) is 13.6 Å². The molecule has 0 radical (unpaired) electrons. The van der Waals surface area contributed by atoms with Gasteiger partial charge in [-0.05, 0) is 18.6 Å². The Kier molecular flexibility index (Phi) is 4.22. The van der Waals surface area contributed by atoms with Gasteiger partial charge in [0.05, 0.1) is 0 Å². The molecule has 0 aliphatic heterocycles. The summed E-state index contributed by atoms with van der Waals surface area (Å²) in [5, 5.41) is 8.57. The summed E-state index contributed by atoms with van der Waals surface area (Å²) in [6, 6.07) is 5.34. The molecule has 4 heteroatoms. The number of aryl methyl sites for hydroxylation is 1. The number of aliphatic hydroxyl groups is 1. The van der Waals surface area contributed by atoms with E-state index >= 15 is 0 Å². The van der Waals surface area contributed by atoms with Crippen LogP contribution in [0.2, 0.25) is 0 Å². The molecule has 0 unspecified atom stereocenters. The SMILES string of the molecule is COCOc1cc(OCO)ccc1C. The van der Waals surface area contributed by atoms with Gasteiger partial charge in [0.25, 0.3) is 0 Å². The second kappa shape index (κ2) is 5.47. The van der Waals surface area contributed by atoms with E-state index in [4.69, 9.17) is 19.3 Å². The van der Waals surface area contributed by atoms with E-state index < -0.39 is 0 Å². The largest absolute Gasteiger partial charge is 0.468 e. The normalized spacial score (nSPS) is 9.93. The van der Waals surface area contributed by atoms with Crippen molar-refractivity contribution in [3.63, 3.8) is 0 Å². The van der Waals surface area contributed by atoms with Gasteiger partial charge in [-0.25, -0.2) is 0 Å². The molecule has 0 fully saturated rings. The molecule has 0 saturated carbocycles. The molecule has 0 saturated heterocycles. The zero-order chi connectivity index (χ0) is 10.4. The highest BCUT2D eigenvalue weighted by Crippen LogP contribution is 2.23. The molecule has 1 aromatic rings. The minimum atomic E-state index is -0.340. The highest BCUT2D eigenvalue weighted by atomic mass is 16.7. The van der Waals surface area contributed by atoms with Gasteiger partial charge in [0.2, 0.25) is 0 Å². The lowest BCUT2D eigenvalue weighted by Crippen LogP contribution is -2.01.